The molecule has 0 spiro atoms. The Kier molecular flexibility index (Phi) is 8.23. The zero-order valence-corrected chi connectivity index (χ0v) is 36.6. The molecule has 2 aromatic heterocycles. The summed E-state index contributed by atoms with van der Waals surface area (Å²) in [5, 5.41) is 7.41. The van der Waals surface area contributed by atoms with Crippen LogP contribution >= 0.6 is 0 Å². The predicted molar refractivity (Wildman–Crippen MR) is 281 cm³/mol. The zero-order chi connectivity index (χ0) is 44.1. The Balaban J connectivity index is 1.03. The van der Waals surface area contributed by atoms with Crippen LogP contribution in [0.15, 0.2) is 255 Å². The first-order valence-electron chi connectivity index (χ1n) is 23.3. The van der Waals surface area contributed by atoms with Gasteiger partial charge in [0.15, 0.2) is 0 Å². The monoisotopic (exact) mass is 850 g/mol. The molecule has 0 saturated heterocycles. The van der Waals surface area contributed by atoms with Crippen LogP contribution in [-0.4, -0.2) is 9.13 Å². The van der Waals surface area contributed by atoms with Gasteiger partial charge in [0.05, 0.1) is 33.2 Å². The average molecular weight is 851 g/mol. The Bertz CT molecular complexity index is 4040. The molecule has 0 fully saturated rings. The van der Waals surface area contributed by atoms with E-state index in [1.54, 1.807) is 0 Å². The minimum atomic E-state index is -0.506. The number of rotatable bonds is 6. The molecule has 11 aromatic carbocycles. The van der Waals surface area contributed by atoms with Crippen molar-refractivity contribution in [1.29, 1.82) is 0 Å². The summed E-state index contributed by atoms with van der Waals surface area (Å²) in [7, 11) is 0. The summed E-state index contributed by atoms with van der Waals surface area (Å²) in [5.74, 6) is 0. The summed E-state index contributed by atoms with van der Waals surface area (Å²) in [6.07, 6.45) is 0. The van der Waals surface area contributed by atoms with Crippen molar-refractivity contribution < 1.29 is 0 Å². The molecular formula is C65H42N2. The molecule has 0 atom stereocenters. The molecule has 1 aliphatic rings. The van der Waals surface area contributed by atoms with Gasteiger partial charge in [-0.3, -0.25) is 0 Å². The van der Waals surface area contributed by atoms with E-state index in [-0.39, 0.29) is 0 Å². The average Bonchev–Trinajstić information content (AvgIpc) is 4.02. The second kappa shape index (κ2) is 14.7. The molecule has 13 aromatic rings. The van der Waals surface area contributed by atoms with Crippen molar-refractivity contribution in [3.05, 3.63) is 277 Å². The standard InChI is InChI=1S/C65H42N2/c1-4-18-43(19-5-1)45-22-16-27-50(38-45)66-61-32-15-13-30-53(61)55-39-46(34-36-62(55)66)47-35-37-63-56(40-47)57-41-59-54(42-64(57)67(63)60-33-17-21-44-20-10-11-28-51(44)60)52-29-12-14-31-58(52)65(59,48-23-6-2-7-24-48)49-25-8-3-9-26-49/h1-42H. The molecule has 14 rings (SSSR count). The lowest BCUT2D eigenvalue weighted by Crippen LogP contribution is -2.28. The van der Waals surface area contributed by atoms with Crippen LogP contribution < -0.4 is 0 Å². The Hall–Kier alpha value is -8.72. The largest absolute Gasteiger partial charge is 0.309 e. The van der Waals surface area contributed by atoms with Gasteiger partial charge >= 0.3 is 0 Å². The first kappa shape index (κ1) is 37.6. The lowest BCUT2D eigenvalue weighted by atomic mass is 9.67. The highest BCUT2D eigenvalue weighted by molar-refractivity contribution is 6.15. The third kappa shape index (κ3) is 5.51. The Morgan fingerprint density at radius 3 is 1.57 bits per heavy atom. The van der Waals surface area contributed by atoms with E-state index in [4.69, 9.17) is 0 Å². The normalized spacial score (nSPS) is 12.9. The molecular weight excluding hydrogens is 809 g/mol. The summed E-state index contributed by atoms with van der Waals surface area (Å²) in [4.78, 5) is 0. The van der Waals surface area contributed by atoms with Crippen LogP contribution in [0, 0.1) is 0 Å². The van der Waals surface area contributed by atoms with Crippen molar-refractivity contribution >= 4 is 54.4 Å². The van der Waals surface area contributed by atoms with Crippen LogP contribution in [0.3, 0.4) is 0 Å². The summed E-state index contributed by atoms with van der Waals surface area (Å²) in [5.41, 5.74) is 19.1. The van der Waals surface area contributed by atoms with Crippen molar-refractivity contribution in [2.24, 2.45) is 0 Å². The van der Waals surface area contributed by atoms with E-state index in [9.17, 15) is 0 Å². The van der Waals surface area contributed by atoms with E-state index in [0.717, 1.165) is 5.69 Å². The van der Waals surface area contributed by atoms with Crippen molar-refractivity contribution in [3.63, 3.8) is 0 Å². The minimum Gasteiger partial charge on any atom is -0.309 e. The number of para-hydroxylation sites is 1. The van der Waals surface area contributed by atoms with E-state index >= 15 is 0 Å². The van der Waals surface area contributed by atoms with E-state index in [2.05, 4.69) is 264 Å². The molecule has 0 saturated carbocycles. The predicted octanol–water partition coefficient (Wildman–Crippen LogP) is 16.7. The van der Waals surface area contributed by atoms with Gasteiger partial charge in [0, 0.05) is 32.6 Å². The van der Waals surface area contributed by atoms with Gasteiger partial charge in [0.2, 0.25) is 0 Å². The Labute approximate surface area is 388 Å². The van der Waals surface area contributed by atoms with E-state index in [0.29, 0.717) is 0 Å². The fraction of sp³-hybridized carbons (Fsp3) is 0.0154. The number of hydrogen-bond acceptors (Lipinski definition) is 0. The van der Waals surface area contributed by atoms with Crippen LogP contribution in [0.2, 0.25) is 0 Å². The topological polar surface area (TPSA) is 9.86 Å². The second-order valence-corrected chi connectivity index (χ2v) is 18.0. The van der Waals surface area contributed by atoms with E-state index in [1.807, 2.05) is 0 Å². The van der Waals surface area contributed by atoms with Gasteiger partial charge in [-0.25, -0.2) is 0 Å². The molecule has 2 nitrogen and oxygen atoms in total. The van der Waals surface area contributed by atoms with Gasteiger partial charge in [0.1, 0.15) is 0 Å². The third-order valence-electron chi connectivity index (χ3n) is 14.6. The molecule has 0 radical (unpaired) electrons. The quantitative estimate of drug-likeness (QED) is 0.158. The maximum atomic E-state index is 2.54. The molecule has 0 N–H and O–H groups in total. The highest BCUT2D eigenvalue weighted by atomic mass is 15.0. The van der Waals surface area contributed by atoms with Crippen LogP contribution in [-0.2, 0) is 5.41 Å². The number of nitrogens with zero attached hydrogens (tertiary/aromatic N) is 2. The first-order chi connectivity index (χ1) is 33.2. The lowest BCUT2D eigenvalue weighted by molar-refractivity contribution is 0.769. The molecule has 2 heteroatoms. The maximum Gasteiger partial charge on any atom is 0.0713 e. The highest BCUT2D eigenvalue weighted by Gasteiger charge is 2.46. The fourth-order valence-electron chi connectivity index (χ4n) is 11.7. The van der Waals surface area contributed by atoms with Crippen molar-refractivity contribution in [1.82, 2.24) is 9.13 Å². The fourth-order valence-corrected chi connectivity index (χ4v) is 11.7. The molecule has 0 bridgehead atoms. The second-order valence-electron chi connectivity index (χ2n) is 18.0. The summed E-state index contributed by atoms with van der Waals surface area (Å²) >= 11 is 0. The zero-order valence-electron chi connectivity index (χ0n) is 36.6. The lowest BCUT2D eigenvalue weighted by Gasteiger charge is -2.34. The molecule has 0 amide bonds. The Morgan fingerprint density at radius 2 is 0.806 bits per heavy atom. The number of benzene rings is 11. The maximum absolute atomic E-state index is 2.54. The summed E-state index contributed by atoms with van der Waals surface area (Å²) < 4.78 is 4.94. The first-order valence-corrected chi connectivity index (χ1v) is 23.3. The van der Waals surface area contributed by atoms with E-state index in [1.165, 1.54) is 116 Å². The SMILES string of the molecule is c1ccc(-c2cccc(-n3c4ccccc4c4cc(-c5ccc6c(c5)c5cc7c(cc5n6-c5cccc6ccccc56)-c5ccccc5C7(c5ccccc5)c5ccccc5)ccc43)c2)cc1. The third-order valence-corrected chi connectivity index (χ3v) is 14.6. The van der Waals surface area contributed by atoms with Gasteiger partial charge in [-0.05, 0) is 122 Å². The van der Waals surface area contributed by atoms with Crippen LogP contribution in [0.1, 0.15) is 22.3 Å². The molecule has 0 aliphatic heterocycles. The van der Waals surface area contributed by atoms with Gasteiger partial charge in [-0.15, -0.1) is 0 Å². The molecule has 2 heterocycles. The van der Waals surface area contributed by atoms with Crippen molar-refractivity contribution in [3.8, 4) is 44.8 Å². The summed E-state index contributed by atoms with van der Waals surface area (Å²) in [6, 6.07) is 94.4. The molecule has 67 heavy (non-hydrogen) atoms. The van der Waals surface area contributed by atoms with Crippen molar-refractivity contribution in [2.75, 3.05) is 0 Å². The van der Waals surface area contributed by atoms with Gasteiger partial charge in [-0.2, -0.15) is 0 Å². The molecule has 1 aliphatic carbocycles. The molecule has 0 unspecified atom stereocenters. The number of fused-ring (bicyclic) bond motifs is 10. The van der Waals surface area contributed by atoms with Crippen LogP contribution in [0.25, 0.3) is 99.1 Å². The smallest absolute Gasteiger partial charge is 0.0713 e. The number of aromatic nitrogens is 2. The number of hydrogen-bond donors (Lipinski definition) is 0. The van der Waals surface area contributed by atoms with Crippen LogP contribution in [0.5, 0.6) is 0 Å². The van der Waals surface area contributed by atoms with Crippen LogP contribution in [0.4, 0.5) is 0 Å². The van der Waals surface area contributed by atoms with E-state index < -0.39 is 5.41 Å². The van der Waals surface area contributed by atoms with Gasteiger partial charge < -0.3 is 9.13 Å². The molecule has 312 valence electrons. The van der Waals surface area contributed by atoms with Crippen molar-refractivity contribution in [2.45, 2.75) is 5.41 Å². The summed E-state index contributed by atoms with van der Waals surface area (Å²) in [6.45, 7) is 0. The Morgan fingerprint density at radius 1 is 0.269 bits per heavy atom. The van der Waals surface area contributed by atoms with Gasteiger partial charge in [0.25, 0.3) is 0 Å². The highest BCUT2D eigenvalue weighted by Crippen LogP contribution is 2.57. The minimum absolute atomic E-state index is 0.506. The van der Waals surface area contributed by atoms with Gasteiger partial charge in [-0.1, -0.05) is 194 Å².